The Balaban J connectivity index is 4.08. The highest BCUT2D eigenvalue weighted by atomic mass is 15.2. The van der Waals surface area contributed by atoms with Gasteiger partial charge < -0.3 is 11.5 Å². The second-order valence-corrected chi connectivity index (χ2v) is 4.44. The van der Waals surface area contributed by atoms with Crippen LogP contribution in [0.4, 0.5) is 0 Å². The molecule has 0 amide bonds. The zero-order chi connectivity index (χ0) is 11.0. The van der Waals surface area contributed by atoms with Gasteiger partial charge in [-0.05, 0) is 59.3 Å². The van der Waals surface area contributed by atoms with Crippen LogP contribution in [0.5, 0.6) is 0 Å². The molecule has 0 aliphatic carbocycles. The third kappa shape index (κ3) is 4.94. The topological polar surface area (TPSA) is 55.3 Å². The average molecular weight is 201 g/mol. The van der Waals surface area contributed by atoms with Crippen LogP contribution in [-0.2, 0) is 0 Å². The van der Waals surface area contributed by atoms with Crippen LogP contribution in [0.25, 0.3) is 0 Å². The molecule has 0 saturated heterocycles. The lowest BCUT2D eigenvalue weighted by molar-refractivity contribution is 0.114. The maximum absolute atomic E-state index is 5.54. The first-order valence-corrected chi connectivity index (χ1v) is 5.73. The Hall–Kier alpha value is -0.120. The van der Waals surface area contributed by atoms with E-state index < -0.39 is 0 Å². The highest BCUT2D eigenvalue weighted by molar-refractivity contribution is 4.80. The molecule has 0 bridgehead atoms. The van der Waals surface area contributed by atoms with Crippen molar-refractivity contribution < 1.29 is 0 Å². The summed E-state index contributed by atoms with van der Waals surface area (Å²) < 4.78 is 0. The van der Waals surface area contributed by atoms with Crippen molar-refractivity contribution in [2.24, 2.45) is 11.5 Å². The van der Waals surface area contributed by atoms with E-state index >= 15 is 0 Å². The fourth-order valence-electron chi connectivity index (χ4n) is 1.51. The Bertz CT molecular complexity index is 126. The van der Waals surface area contributed by atoms with Gasteiger partial charge in [0.1, 0.15) is 0 Å². The summed E-state index contributed by atoms with van der Waals surface area (Å²) in [5, 5.41) is 0. The summed E-state index contributed by atoms with van der Waals surface area (Å²) in [6.45, 7) is 10.6. The van der Waals surface area contributed by atoms with Gasteiger partial charge in [0.2, 0.25) is 0 Å². The average Bonchev–Trinajstić information content (AvgIpc) is 2.17. The Labute approximate surface area is 88.8 Å². The van der Waals surface area contributed by atoms with E-state index in [1.54, 1.807) is 0 Å². The molecule has 3 heteroatoms. The van der Waals surface area contributed by atoms with Gasteiger partial charge in [-0.15, -0.1) is 0 Å². The Morgan fingerprint density at radius 3 is 1.71 bits per heavy atom. The van der Waals surface area contributed by atoms with Crippen LogP contribution in [-0.4, -0.2) is 36.6 Å². The zero-order valence-corrected chi connectivity index (χ0v) is 10.1. The lowest BCUT2D eigenvalue weighted by Crippen LogP contribution is -2.45. The van der Waals surface area contributed by atoms with E-state index in [-0.39, 0.29) is 5.54 Å². The molecule has 3 nitrogen and oxygen atoms in total. The summed E-state index contributed by atoms with van der Waals surface area (Å²) in [6, 6.07) is 0. The molecule has 0 aromatic rings. The number of nitrogens with two attached hydrogens (primary N) is 2. The first-order valence-electron chi connectivity index (χ1n) is 5.73. The molecule has 0 atom stereocenters. The second-order valence-electron chi connectivity index (χ2n) is 4.44. The highest BCUT2D eigenvalue weighted by Gasteiger charge is 2.23. The number of hydrogen-bond donors (Lipinski definition) is 2. The molecule has 0 aromatic carbocycles. The molecule has 14 heavy (non-hydrogen) atoms. The van der Waals surface area contributed by atoms with Crippen molar-refractivity contribution in [2.45, 2.75) is 45.6 Å². The van der Waals surface area contributed by atoms with Crippen LogP contribution < -0.4 is 11.5 Å². The van der Waals surface area contributed by atoms with Crippen molar-refractivity contribution >= 4 is 0 Å². The molecule has 0 spiro atoms. The molecule has 0 rings (SSSR count). The van der Waals surface area contributed by atoms with E-state index in [9.17, 15) is 0 Å². The van der Waals surface area contributed by atoms with Crippen LogP contribution in [0.1, 0.15) is 40.0 Å². The fourth-order valence-corrected chi connectivity index (χ4v) is 1.51. The summed E-state index contributed by atoms with van der Waals surface area (Å²) in [4.78, 5) is 2.51. The predicted molar refractivity (Wildman–Crippen MR) is 63.3 cm³/mol. The maximum Gasteiger partial charge on any atom is 0.0150 e. The van der Waals surface area contributed by atoms with Gasteiger partial charge >= 0.3 is 0 Å². The number of nitrogens with zero attached hydrogens (tertiary/aromatic N) is 1. The minimum Gasteiger partial charge on any atom is -0.330 e. The number of hydrogen-bond acceptors (Lipinski definition) is 3. The van der Waals surface area contributed by atoms with Crippen molar-refractivity contribution in [1.29, 1.82) is 0 Å². The molecular weight excluding hydrogens is 174 g/mol. The molecular formula is C11H27N3. The lowest BCUT2D eigenvalue weighted by Gasteiger charge is -2.38. The van der Waals surface area contributed by atoms with Gasteiger partial charge in [-0.2, -0.15) is 0 Å². The SMILES string of the molecule is CCC(C)(C)N(CCCN)CCCN. The van der Waals surface area contributed by atoms with E-state index in [0.29, 0.717) is 0 Å². The normalized spacial score (nSPS) is 12.4. The molecule has 0 aliphatic rings. The third-order valence-electron chi connectivity index (χ3n) is 2.99. The van der Waals surface area contributed by atoms with Gasteiger partial charge in [-0.3, -0.25) is 4.90 Å². The molecule has 0 aromatic heterocycles. The monoisotopic (exact) mass is 201 g/mol. The molecule has 0 saturated carbocycles. The molecule has 0 unspecified atom stereocenters. The summed E-state index contributed by atoms with van der Waals surface area (Å²) in [5.41, 5.74) is 11.4. The van der Waals surface area contributed by atoms with Crippen LogP contribution in [0.3, 0.4) is 0 Å². The van der Waals surface area contributed by atoms with Crippen LogP contribution in [0.2, 0.25) is 0 Å². The van der Waals surface area contributed by atoms with Crippen LogP contribution in [0.15, 0.2) is 0 Å². The zero-order valence-electron chi connectivity index (χ0n) is 10.1. The van der Waals surface area contributed by atoms with E-state index in [0.717, 1.165) is 39.0 Å². The van der Waals surface area contributed by atoms with Crippen molar-refractivity contribution in [3.05, 3.63) is 0 Å². The van der Waals surface area contributed by atoms with Crippen molar-refractivity contribution in [3.8, 4) is 0 Å². The Kier molecular flexibility index (Phi) is 7.15. The summed E-state index contributed by atoms with van der Waals surface area (Å²) >= 11 is 0. The van der Waals surface area contributed by atoms with E-state index in [4.69, 9.17) is 11.5 Å². The molecule has 0 radical (unpaired) electrons. The highest BCUT2D eigenvalue weighted by Crippen LogP contribution is 2.18. The van der Waals surface area contributed by atoms with Gasteiger partial charge in [-0.25, -0.2) is 0 Å². The summed E-state index contributed by atoms with van der Waals surface area (Å²) in [6.07, 6.45) is 3.32. The van der Waals surface area contributed by atoms with Gasteiger partial charge in [-0.1, -0.05) is 6.92 Å². The Morgan fingerprint density at radius 2 is 1.43 bits per heavy atom. The van der Waals surface area contributed by atoms with E-state index in [1.165, 1.54) is 6.42 Å². The van der Waals surface area contributed by atoms with Gasteiger partial charge in [0.05, 0.1) is 0 Å². The molecule has 4 N–H and O–H groups in total. The summed E-state index contributed by atoms with van der Waals surface area (Å²) in [7, 11) is 0. The smallest absolute Gasteiger partial charge is 0.0150 e. The van der Waals surface area contributed by atoms with Crippen molar-refractivity contribution in [2.75, 3.05) is 26.2 Å². The van der Waals surface area contributed by atoms with Crippen LogP contribution in [0, 0.1) is 0 Å². The second kappa shape index (κ2) is 7.21. The standard InChI is InChI=1S/C11H27N3/c1-4-11(2,3)14(9-5-7-12)10-6-8-13/h4-10,12-13H2,1-3H3. The largest absolute Gasteiger partial charge is 0.330 e. The van der Waals surface area contributed by atoms with Gasteiger partial charge in [0.25, 0.3) is 0 Å². The molecule has 0 aliphatic heterocycles. The fraction of sp³-hybridized carbons (Fsp3) is 1.00. The van der Waals surface area contributed by atoms with Crippen LogP contribution >= 0.6 is 0 Å². The van der Waals surface area contributed by atoms with E-state index in [2.05, 4.69) is 25.7 Å². The third-order valence-corrected chi connectivity index (χ3v) is 2.99. The lowest BCUT2D eigenvalue weighted by atomic mass is 9.98. The Morgan fingerprint density at radius 1 is 1.00 bits per heavy atom. The first kappa shape index (κ1) is 13.9. The quantitative estimate of drug-likeness (QED) is 0.620. The minimum absolute atomic E-state index is 0.282. The minimum atomic E-state index is 0.282. The van der Waals surface area contributed by atoms with Crippen molar-refractivity contribution in [1.82, 2.24) is 4.90 Å². The first-order chi connectivity index (χ1) is 6.58. The van der Waals surface area contributed by atoms with Gasteiger partial charge in [0, 0.05) is 5.54 Å². The number of rotatable bonds is 8. The van der Waals surface area contributed by atoms with E-state index in [1.807, 2.05) is 0 Å². The van der Waals surface area contributed by atoms with Gasteiger partial charge in [0.15, 0.2) is 0 Å². The summed E-state index contributed by atoms with van der Waals surface area (Å²) in [5.74, 6) is 0. The molecule has 86 valence electrons. The molecule has 0 fully saturated rings. The molecule has 0 heterocycles. The predicted octanol–water partition coefficient (Wildman–Crippen LogP) is 1.17. The maximum atomic E-state index is 5.54. The van der Waals surface area contributed by atoms with Crippen molar-refractivity contribution in [3.63, 3.8) is 0 Å².